The minimum Gasteiger partial charge on any atom is -0.306 e. The maximum atomic E-state index is 2.29. The lowest BCUT2D eigenvalue weighted by Gasteiger charge is -2.24. The van der Waals surface area contributed by atoms with E-state index in [1.165, 1.54) is 22.3 Å². The molecular weight excluding hydrogens is 266 g/mol. The van der Waals surface area contributed by atoms with Crippen molar-refractivity contribution in [2.75, 3.05) is 14.1 Å². The van der Waals surface area contributed by atoms with Gasteiger partial charge in [-0.15, -0.1) is 0 Å². The molecular formula is C21H27N. The average Bonchev–Trinajstić information content (AvgIpc) is 2.56. The molecule has 1 heteroatoms. The molecule has 2 aromatic carbocycles. The van der Waals surface area contributed by atoms with Gasteiger partial charge in [0.05, 0.1) is 0 Å². The Kier molecular flexibility index (Phi) is 5.97. The lowest BCUT2D eigenvalue weighted by atomic mass is 9.89. The van der Waals surface area contributed by atoms with Crippen LogP contribution >= 0.6 is 0 Å². The van der Waals surface area contributed by atoms with Gasteiger partial charge in [0, 0.05) is 6.04 Å². The van der Waals surface area contributed by atoms with Crippen molar-refractivity contribution >= 4 is 11.1 Å². The van der Waals surface area contributed by atoms with E-state index in [4.69, 9.17) is 0 Å². The second-order valence-electron chi connectivity index (χ2n) is 6.06. The van der Waals surface area contributed by atoms with Crippen LogP contribution in [0.3, 0.4) is 0 Å². The van der Waals surface area contributed by atoms with Gasteiger partial charge in [-0.1, -0.05) is 67.6 Å². The van der Waals surface area contributed by atoms with Gasteiger partial charge >= 0.3 is 0 Å². The third-order valence-corrected chi connectivity index (χ3v) is 4.34. The number of rotatable bonds is 6. The highest BCUT2D eigenvalue weighted by molar-refractivity contribution is 5.90. The van der Waals surface area contributed by atoms with Crippen molar-refractivity contribution in [3.63, 3.8) is 0 Å². The molecule has 0 N–H and O–H groups in total. The van der Waals surface area contributed by atoms with Crippen LogP contribution in [0, 0.1) is 0 Å². The highest BCUT2D eigenvalue weighted by atomic mass is 15.1. The van der Waals surface area contributed by atoms with E-state index in [2.05, 4.69) is 93.5 Å². The van der Waals surface area contributed by atoms with E-state index in [1.54, 1.807) is 0 Å². The maximum absolute atomic E-state index is 2.29. The first-order valence-electron chi connectivity index (χ1n) is 8.12. The highest BCUT2D eigenvalue weighted by Crippen LogP contribution is 2.32. The molecule has 1 nitrogen and oxygen atoms in total. The molecule has 0 aromatic heterocycles. The minimum absolute atomic E-state index is 0.514. The Morgan fingerprint density at radius 2 is 1.27 bits per heavy atom. The SMILES string of the molecule is CCC(=C(CC(C)N(C)C)c1ccccc1)c1ccccc1. The van der Waals surface area contributed by atoms with Crippen molar-refractivity contribution in [3.8, 4) is 0 Å². The van der Waals surface area contributed by atoms with E-state index in [1.807, 2.05) is 0 Å². The van der Waals surface area contributed by atoms with Crippen molar-refractivity contribution in [2.24, 2.45) is 0 Å². The first-order chi connectivity index (χ1) is 10.6. The van der Waals surface area contributed by atoms with Crippen molar-refractivity contribution < 1.29 is 0 Å². The van der Waals surface area contributed by atoms with E-state index in [0.717, 1.165) is 12.8 Å². The fourth-order valence-corrected chi connectivity index (χ4v) is 2.76. The quantitative estimate of drug-likeness (QED) is 0.649. The Hall–Kier alpha value is -1.86. The molecule has 0 heterocycles. The standard InChI is InChI=1S/C21H27N/c1-5-20(18-12-8-6-9-13-18)21(16-17(2)22(3)4)19-14-10-7-11-15-19/h6-15,17H,5,16H2,1-4H3. The zero-order valence-electron chi connectivity index (χ0n) is 14.2. The fraction of sp³-hybridized carbons (Fsp3) is 0.333. The van der Waals surface area contributed by atoms with Gasteiger partial charge in [0.1, 0.15) is 0 Å². The molecule has 1 unspecified atom stereocenters. The molecule has 0 spiro atoms. The summed E-state index contributed by atoms with van der Waals surface area (Å²) in [5, 5.41) is 0. The van der Waals surface area contributed by atoms with Crippen molar-refractivity contribution in [1.29, 1.82) is 0 Å². The van der Waals surface area contributed by atoms with E-state index >= 15 is 0 Å². The first kappa shape index (κ1) is 16.5. The predicted molar refractivity (Wildman–Crippen MR) is 97.8 cm³/mol. The number of benzene rings is 2. The Morgan fingerprint density at radius 1 is 0.818 bits per heavy atom. The molecule has 0 amide bonds. The van der Waals surface area contributed by atoms with Gasteiger partial charge in [-0.05, 0) is 56.1 Å². The van der Waals surface area contributed by atoms with Crippen LogP contribution in [0.15, 0.2) is 60.7 Å². The number of hydrogen-bond donors (Lipinski definition) is 0. The van der Waals surface area contributed by atoms with Gasteiger partial charge in [0.2, 0.25) is 0 Å². The number of hydrogen-bond acceptors (Lipinski definition) is 1. The van der Waals surface area contributed by atoms with Crippen molar-refractivity contribution in [2.45, 2.75) is 32.7 Å². The summed E-state index contributed by atoms with van der Waals surface area (Å²) < 4.78 is 0. The second kappa shape index (κ2) is 7.95. The van der Waals surface area contributed by atoms with Crippen LogP contribution in [0.25, 0.3) is 11.1 Å². The smallest absolute Gasteiger partial charge is 0.0102 e. The molecule has 1 atom stereocenters. The Labute approximate surface area is 135 Å². The first-order valence-corrected chi connectivity index (χ1v) is 8.12. The minimum atomic E-state index is 0.514. The molecule has 0 aliphatic heterocycles. The third kappa shape index (κ3) is 4.08. The van der Waals surface area contributed by atoms with Crippen LogP contribution in [-0.4, -0.2) is 25.0 Å². The molecule has 2 aromatic rings. The van der Waals surface area contributed by atoms with Crippen LogP contribution in [0.2, 0.25) is 0 Å². The molecule has 0 fully saturated rings. The molecule has 0 aliphatic carbocycles. The summed E-state index contributed by atoms with van der Waals surface area (Å²) in [6.45, 7) is 4.55. The molecule has 0 bridgehead atoms. The van der Waals surface area contributed by atoms with Gasteiger partial charge < -0.3 is 4.90 Å². The lowest BCUT2D eigenvalue weighted by molar-refractivity contribution is 0.319. The van der Waals surface area contributed by atoms with Gasteiger partial charge in [0.15, 0.2) is 0 Å². The summed E-state index contributed by atoms with van der Waals surface area (Å²) in [6.07, 6.45) is 2.11. The van der Waals surface area contributed by atoms with Gasteiger partial charge in [-0.3, -0.25) is 0 Å². The van der Waals surface area contributed by atoms with Crippen LogP contribution in [0.1, 0.15) is 37.8 Å². The van der Waals surface area contributed by atoms with Gasteiger partial charge in [0.25, 0.3) is 0 Å². The van der Waals surface area contributed by atoms with E-state index in [0.29, 0.717) is 6.04 Å². The average molecular weight is 293 g/mol. The monoisotopic (exact) mass is 293 g/mol. The molecule has 0 saturated heterocycles. The predicted octanol–water partition coefficient (Wildman–Crippen LogP) is 5.35. The van der Waals surface area contributed by atoms with Crippen LogP contribution < -0.4 is 0 Å². The van der Waals surface area contributed by atoms with Crippen molar-refractivity contribution in [1.82, 2.24) is 4.90 Å². The number of allylic oxidation sites excluding steroid dienone is 1. The Morgan fingerprint density at radius 3 is 1.68 bits per heavy atom. The van der Waals surface area contributed by atoms with Gasteiger partial charge in [-0.25, -0.2) is 0 Å². The summed E-state index contributed by atoms with van der Waals surface area (Å²) >= 11 is 0. The zero-order valence-corrected chi connectivity index (χ0v) is 14.2. The largest absolute Gasteiger partial charge is 0.306 e. The fourth-order valence-electron chi connectivity index (χ4n) is 2.76. The summed E-state index contributed by atoms with van der Waals surface area (Å²) in [7, 11) is 4.31. The summed E-state index contributed by atoms with van der Waals surface area (Å²) in [5.41, 5.74) is 5.61. The molecule has 0 aliphatic rings. The van der Waals surface area contributed by atoms with Crippen molar-refractivity contribution in [3.05, 3.63) is 71.8 Å². The third-order valence-electron chi connectivity index (χ3n) is 4.34. The van der Waals surface area contributed by atoms with E-state index in [9.17, 15) is 0 Å². The molecule has 116 valence electrons. The second-order valence-corrected chi connectivity index (χ2v) is 6.06. The topological polar surface area (TPSA) is 3.24 Å². The molecule has 22 heavy (non-hydrogen) atoms. The number of nitrogens with zero attached hydrogens (tertiary/aromatic N) is 1. The van der Waals surface area contributed by atoms with Crippen LogP contribution in [-0.2, 0) is 0 Å². The van der Waals surface area contributed by atoms with Crippen LogP contribution in [0.4, 0.5) is 0 Å². The summed E-state index contributed by atoms with van der Waals surface area (Å²) in [6, 6.07) is 22.1. The molecule has 0 radical (unpaired) electrons. The Balaban J connectivity index is 2.52. The zero-order chi connectivity index (χ0) is 15.9. The van der Waals surface area contributed by atoms with Gasteiger partial charge in [-0.2, -0.15) is 0 Å². The van der Waals surface area contributed by atoms with Crippen LogP contribution in [0.5, 0.6) is 0 Å². The highest BCUT2D eigenvalue weighted by Gasteiger charge is 2.14. The molecule has 2 rings (SSSR count). The lowest BCUT2D eigenvalue weighted by Crippen LogP contribution is -2.25. The molecule has 0 saturated carbocycles. The van der Waals surface area contributed by atoms with E-state index < -0.39 is 0 Å². The summed E-state index contributed by atoms with van der Waals surface area (Å²) in [5.74, 6) is 0. The Bertz CT molecular complexity index is 596. The normalized spacial score (nSPS) is 13.9. The van der Waals surface area contributed by atoms with E-state index in [-0.39, 0.29) is 0 Å². The maximum Gasteiger partial charge on any atom is 0.0102 e. The summed E-state index contributed by atoms with van der Waals surface area (Å²) in [4.78, 5) is 2.29.